The summed E-state index contributed by atoms with van der Waals surface area (Å²) in [5, 5.41) is 0.833. The topological polar surface area (TPSA) is 55.8 Å². The van der Waals surface area contributed by atoms with E-state index >= 15 is 0 Å². The number of morpholine rings is 1. The summed E-state index contributed by atoms with van der Waals surface area (Å²) in [6, 6.07) is 10.2. The smallest absolute Gasteiger partial charge is 0.255 e. The Morgan fingerprint density at radius 1 is 1.18 bits per heavy atom. The van der Waals surface area contributed by atoms with Crippen LogP contribution in [0.4, 0.5) is 0 Å². The first kappa shape index (κ1) is 20.6. The number of carbonyl (C=O) groups is 2. The van der Waals surface area contributed by atoms with Crippen LogP contribution >= 0.6 is 23.2 Å². The maximum absolute atomic E-state index is 12.8. The molecule has 1 aliphatic heterocycles. The molecule has 1 aliphatic rings. The van der Waals surface area contributed by atoms with Crippen LogP contribution in [0.2, 0.25) is 10.0 Å². The van der Waals surface area contributed by atoms with Gasteiger partial charge in [-0.2, -0.15) is 0 Å². The van der Waals surface area contributed by atoms with Gasteiger partial charge in [-0.3, -0.25) is 9.59 Å². The van der Waals surface area contributed by atoms with Crippen molar-refractivity contribution in [1.29, 1.82) is 0 Å². The van der Waals surface area contributed by atoms with Gasteiger partial charge in [0.25, 0.3) is 5.91 Å². The van der Waals surface area contributed by atoms with Gasteiger partial charge in [0.1, 0.15) is 18.5 Å². The molecule has 0 bridgehead atoms. The third kappa shape index (κ3) is 4.85. The number of hydrogen-bond acceptors (Lipinski definition) is 4. The van der Waals surface area contributed by atoms with E-state index in [9.17, 15) is 9.59 Å². The van der Waals surface area contributed by atoms with Crippen LogP contribution in [0.5, 0.6) is 5.75 Å². The second-order valence-corrected chi connectivity index (χ2v) is 7.56. The summed E-state index contributed by atoms with van der Waals surface area (Å²) in [7, 11) is 0. The number of carbonyl (C=O) groups excluding carboxylic acids is 2. The molecule has 2 aromatic rings. The number of ether oxygens (including phenoxy) is 2. The number of Topliss-reactive ketones (excluding diaryl/α,β-unsaturated/α-hetero) is 1. The molecule has 1 fully saturated rings. The lowest BCUT2D eigenvalue weighted by Crippen LogP contribution is -2.47. The van der Waals surface area contributed by atoms with E-state index < -0.39 is 0 Å². The second kappa shape index (κ2) is 8.95. The molecule has 0 aliphatic carbocycles. The number of nitrogens with zero attached hydrogens (tertiary/aromatic N) is 1. The number of halogens is 2. The summed E-state index contributed by atoms with van der Waals surface area (Å²) >= 11 is 12.1. The molecule has 1 saturated heterocycles. The van der Waals surface area contributed by atoms with Gasteiger partial charge in [-0.1, -0.05) is 23.2 Å². The first-order valence-corrected chi connectivity index (χ1v) is 9.71. The number of ketones is 1. The van der Waals surface area contributed by atoms with Gasteiger partial charge in [-0.05, 0) is 55.8 Å². The molecule has 0 radical (unpaired) electrons. The minimum absolute atomic E-state index is 0.0218. The van der Waals surface area contributed by atoms with E-state index in [1.165, 1.54) is 6.92 Å². The molecule has 1 amide bonds. The van der Waals surface area contributed by atoms with Crippen molar-refractivity contribution in [2.45, 2.75) is 20.0 Å². The van der Waals surface area contributed by atoms with Crippen molar-refractivity contribution in [2.24, 2.45) is 0 Å². The largest absolute Gasteiger partial charge is 0.491 e. The Morgan fingerprint density at radius 3 is 2.68 bits per heavy atom. The maximum atomic E-state index is 12.8. The zero-order chi connectivity index (χ0) is 20.3. The predicted molar refractivity (Wildman–Crippen MR) is 109 cm³/mol. The summed E-state index contributed by atoms with van der Waals surface area (Å²) in [6.07, 6.45) is -0.261. The molecule has 0 aromatic heterocycles. The van der Waals surface area contributed by atoms with Gasteiger partial charge in [-0.15, -0.1) is 0 Å². The average molecular weight is 422 g/mol. The first-order valence-electron chi connectivity index (χ1n) is 8.95. The number of hydrogen-bond donors (Lipinski definition) is 0. The lowest BCUT2D eigenvalue weighted by molar-refractivity contribution is -0.0401. The number of benzene rings is 2. The summed E-state index contributed by atoms with van der Waals surface area (Å²) in [4.78, 5) is 26.0. The molecule has 5 nitrogen and oxygen atoms in total. The van der Waals surface area contributed by atoms with E-state index in [1.54, 1.807) is 35.2 Å². The van der Waals surface area contributed by atoms with Crippen molar-refractivity contribution >= 4 is 34.9 Å². The standard InChI is InChI=1S/C21H21Cl2NO4/c1-13-9-16(4-5-18(13)14(2)25)28-12-17-11-24(7-8-27-17)21(26)19-10-15(22)3-6-20(19)23/h3-6,9-10,17H,7-8,11-12H2,1-2H3. The van der Waals surface area contributed by atoms with Gasteiger partial charge >= 0.3 is 0 Å². The minimum Gasteiger partial charge on any atom is -0.491 e. The predicted octanol–water partition coefficient (Wildman–Crippen LogP) is 4.42. The molecule has 0 N–H and O–H groups in total. The Hall–Kier alpha value is -2.08. The van der Waals surface area contributed by atoms with Crippen LogP contribution < -0.4 is 4.74 Å². The highest BCUT2D eigenvalue weighted by Crippen LogP contribution is 2.23. The average Bonchev–Trinajstić information content (AvgIpc) is 2.67. The van der Waals surface area contributed by atoms with Crippen molar-refractivity contribution < 1.29 is 19.1 Å². The second-order valence-electron chi connectivity index (χ2n) is 6.71. The lowest BCUT2D eigenvalue weighted by Gasteiger charge is -2.33. The molecule has 28 heavy (non-hydrogen) atoms. The Kier molecular flexibility index (Phi) is 6.60. The van der Waals surface area contributed by atoms with Crippen LogP contribution in [0.1, 0.15) is 33.2 Å². The van der Waals surface area contributed by atoms with Crippen molar-refractivity contribution in [3.8, 4) is 5.75 Å². The molecule has 2 aromatic carbocycles. The Labute approximate surface area is 174 Å². The molecular weight excluding hydrogens is 401 g/mol. The van der Waals surface area contributed by atoms with E-state index in [0.29, 0.717) is 53.2 Å². The van der Waals surface area contributed by atoms with E-state index in [2.05, 4.69) is 0 Å². The normalized spacial score (nSPS) is 16.7. The van der Waals surface area contributed by atoms with Crippen LogP contribution in [-0.4, -0.2) is 49.0 Å². The highest BCUT2D eigenvalue weighted by Gasteiger charge is 2.27. The highest BCUT2D eigenvalue weighted by atomic mass is 35.5. The summed E-state index contributed by atoms with van der Waals surface area (Å²) < 4.78 is 11.5. The Bertz CT molecular complexity index is 900. The van der Waals surface area contributed by atoms with Crippen molar-refractivity contribution in [2.75, 3.05) is 26.3 Å². The fraction of sp³-hybridized carbons (Fsp3) is 0.333. The fourth-order valence-corrected chi connectivity index (χ4v) is 3.52. The number of rotatable bonds is 5. The van der Waals surface area contributed by atoms with Gasteiger partial charge < -0.3 is 14.4 Å². The molecule has 7 heteroatoms. The summed E-state index contributed by atoms with van der Waals surface area (Å²) in [5.74, 6) is 0.503. The van der Waals surface area contributed by atoms with Crippen LogP contribution in [0.15, 0.2) is 36.4 Å². The highest BCUT2D eigenvalue weighted by molar-refractivity contribution is 6.35. The fourth-order valence-electron chi connectivity index (χ4n) is 3.15. The van der Waals surface area contributed by atoms with Crippen LogP contribution in [0.25, 0.3) is 0 Å². The summed E-state index contributed by atoms with van der Waals surface area (Å²) in [6.45, 7) is 5.00. The third-order valence-corrected chi connectivity index (χ3v) is 5.16. The molecule has 1 atom stereocenters. The molecule has 148 valence electrons. The van der Waals surface area contributed by atoms with Gasteiger partial charge in [0.05, 0.1) is 23.7 Å². The number of amides is 1. The lowest BCUT2D eigenvalue weighted by atomic mass is 10.1. The van der Waals surface area contributed by atoms with E-state index in [0.717, 1.165) is 5.56 Å². The van der Waals surface area contributed by atoms with Crippen LogP contribution in [-0.2, 0) is 4.74 Å². The minimum atomic E-state index is -0.261. The first-order chi connectivity index (χ1) is 13.3. The molecule has 3 rings (SSSR count). The molecular formula is C21H21Cl2NO4. The van der Waals surface area contributed by atoms with E-state index in [-0.39, 0.29) is 17.8 Å². The maximum Gasteiger partial charge on any atom is 0.255 e. The Balaban J connectivity index is 1.62. The number of aryl methyl sites for hydroxylation is 1. The molecule has 1 unspecified atom stereocenters. The van der Waals surface area contributed by atoms with Crippen molar-refractivity contribution in [3.63, 3.8) is 0 Å². The zero-order valence-corrected chi connectivity index (χ0v) is 17.2. The molecule has 1 heterocycles. The molecule has 0 saturated carbocycles. The van der Waals surface area contributed by atoms with Crippen molar-refractivity contribution in [1.82, 2.24) is 4.90 Å². The van der Waals surface area contributed by atoms with Gasteiger partial charge in [0.2, 0.25) is 0 Å². The van der Waals surface area contributed by atoms with E-state index in [4.69, 9.17) is 32.7 Å². The van der Waals surface area contributed by atoms with Crippen LogP contribution in [0, 0.1) is 6.92 Å². The van der Waals surface area contributed by atoms with Gasteiger partial charge in [0, 0.05) is 17.1 Å². The van der Waals surface area contributed by atoms with Crippen molar-refractivity contribution in [3.05, 3.63) is 63.1 Å². The van der Waals surface area contributed by atoms with Gasteiger partial charge in [-0.25, -0.2) is 0 Å². The quantitative estimate of drug-likeness (QED) is 0.670. The SMILES string of the molecule is CC(=O)c1ccc(OCC2CN(C(=O)c3cc(Cl)ccc3Cl)CCO2)cc1C. The summed E-state index contributed by atoms with van der Waals surface area (Å²) in [5.41, 5.74) is 1.92. The monoisotopic (exact) mass is 421 g/mol. The third-order valence-electron chi connectivity index (χ3n) is 4.60. The van der Waals surface area contributed by atoms with Crippen LogP contribution in [0.3, 0.4) is 0 Å². The molecule has 0 spiro atoms. The Morgan fingerprint density at radius 2 is 1.96 bits per heavy atom. The van der Waals surface area contributed by atoms with Gasteiger partial charge in [0.15, 0.2) is 5.78 Å². The van der Waals surface area contributed by atoms with E-state index in [1.807, 2.05) is 13.0 Å². The zero-order valence-electron chi connectivity index (χ0n) is 15.7.